The zero-order valence-corrected chi connectivity index (χ0v) is 13.3. The first-order chi connectivity index (χ1) is 9.20. The molecule has 1 heterocycles. The second-order valence-electron chi connectivity index (χ2n) is 7.11. The molecule has 0 aromatic rings. The maximum Gasteiger partial charge on any atom is 0.0223 e. The third-order valence-corrected chi connectivity index (χ3v) is 5.39. The first-order valence-corrected chi connectivity index (χ1v) is 8.66. The molecule has 2 atom stereocenters. The average Bonchev–Trinajstić information content (AvgIpc) is 2.88. The molecule has 19 heavy (non-hydrogen) atoms. The Bertz CT molecular complexity index is 246. The molecule has 2 fully saturated rings. The molecular formula is C17H34N2. The summed E-state index contributed by atoms with van der Waals surface area (Å²) in [5.74, 6) is 2.73. The van der Waals surface area contributed by atoms with Gasteiger partial charge in [-0.05, 0) is 50.1 Å². The number of hydrogen-bond donors (Lipinski definition) is 1. The highest BCUT2D eigenvalue weighted by Gasteiger charge is 2.29. The van der Waals surface area contributed by atoms with Gasteiger partial charge in [0.15, 0.2) is 0 Å². The fraction of sp³-hybridized carbons (Fsp3) is 1.00. The molecule has 1 N–H and O–H groups in total. The minimum Gasteiger partial charge on any atom is -0.313 e. The van der Waals surface area contributed by atoms with E-state index < -0.39 is 0 Å². The van der Waals surface area contributed by atoms with Crippen molar-refractivity contribution >= 4 is 0 Å². The van der Waals surface area contributed by atoms with Gasteiger partial charge >= 0.3 is 0 Å². The van der Waals surface area contributed by atoms with E-state index in [1.807, 2.05) is 0 Å². The lowest BCUT2D eigenvalue weighted by Gasteiger charge is -2.33. The van der Waals surface area contributed by atoms with Crippen molar-refractivity contribution in [1.29, 1.82) is 0 Å². The summed E-state index contributed by atoms with van der Waals surface area (Å²) in [6, 6.07) is 0.746. The van der Waals surface area contributed by atoms with Gasteiger partial charge in [-0.25, -0.2) is 0 Å². The van der Waals surface area contributed by atoms with E-state index in [2.05, 4.69) is 31.0 Å². The smallest absolute Gasteiger partial charge is 0.0223 e. The van der Waals surface area contributed by atoms with Crippen LogP contribution in [0.25, 0.3) is 0 Å². The molecule has 0 amide bonds. The Kier molecular flexibility index (Phi) is 6.15. The van der Waals surface area contributed by atoms with Crippen LogP contribution in [0.3, 0.4) is 0 Å². The lowest BCUT2D eigenvalue weighted by molar-refractivity contribution is 0.199. The molecule has 1 saturated heterocycles. The summed E-state index contributed by atoms with van der Waals surface area (Å²) in [5, 5.41) is 3.78. The van der Waals surface area contributed by atoms with E-state index in [0.717, 1.165) is 30.3 Å². The summed E-state index contributed by atoms with van der Waals surface area (Å²) >= 11 is 0. The minimum atomic E-state index is 0.746. The number of nitrogens with one attached hydrogen (secondary N) is 1. The lowest BCUT2D eigenvalue weighted by Crippen LogP contribution is -2.45. The maximum absolute atomic E-state index is 3.78. The van der Waals surface area contributed by atoms with Crippen LogP contribution in [0.4, 0.5) is 0 Å². The van der Waals surface area contributed by atoms with E-state index in [1.54, 1.807) is 0 Å². The number of rotatable bonds is 6. The van der Waals surface area contributed by atoms with Crippen LogP contribution < -0.4 is 5.32 Å². The normalized spacial score (nSPS) is 28.1. The number of likely N-dealkylation sites (tertiary alicyclic amines) is 1. The molecule has 2 rings (SSSR count). The van der Waals surface area contributed by atoms with Crippen LogP contribution in [0, 0.1) is 17.8 Å². The van der Waals surface area contributed by atoms with Crippen molar-refractivity contribution in [1.82, 2.24) is 10.2 Å². The average molecular weight is 266 g/mol. The summed E-state index contributed by atoms with van der Waals surface area (Å²) < 4.78 is 0. The van der Waals surface area contributed by atoms with Crippen LogP contribution in [0.5, 0.6) is 0 Å². The fourth-order valence-corrected chi connectivity index (χ4v) is 4.03. The minimum absolute atomic E-state index is 0.746. The van der Waals surface area contributed by atoms with Crippen molar-refractivity contribution in [2.45, 2.75) is 65.3 Å². The predicted octanol–water partition coefficient (Wildman–Crippen LogP) is 3.52. The van der Waals surface area contributed by atoms with Gasteiger partial charge in [0.1, 0.15) is 0 Å². The van der Waals surface area contributed by atoms with E-state index in [1.165, 1.54) is 58.2 Å². The Hall–Kier alpha value is -0.0800. The highest BCUT2D eigenvalue weighted by molar-refractivity contribution is 4.85. The topological polar surface area (TPSA) is 15.3 Å². The Balaban J connectivity index is 1.82. The van der Waals surface area contributed by atoms with Gasteiger partial charge in [-0.1, -0.05) is 40.0 Å². The second kappa shape index (κ2) is 7.64. The van der Waals surface area contributed by atoms with Gasteiger partial charge in [-0.2, -0.15) is 0 Å². The van der Waals surface area contributed by atoms with Gasteiger partial charge in [-0.3, -0.25) is 0 Å². The first kappa shape index (κ1) is 15.3. The van der Waals surface area contributed by atoms with Crippen molar-refractivity contribution in [3.05, 3.63) is 0 Å². The third kappa shape index (κ3) is 4.46. The zero-order valence-electron chi connectivity index (χ0n) is 13.3. The van der Waals surface area contributed by atoms with E-state index >= 15 is 0 Å². The molecule has 1 saturated carbocycles. The molecule has 1 aliphatic heterocycles. The summed E-state index contributed by atoms with van der Waals surface area (Å²) in [4.78, 5) is 2.73. The molecule has 112 valence electrons. The van der Waals surface area contributed by atoms with Gasteiger partial charge in [0.2, 0.25) is 0 Å². The summed E-state index contributed by atoms with van der Waals surface area (Å²) in [6.45, 7) is 12.1. The molecule has 2 aliphatic rings. The highest BCUT2D eigenvalue weighted by Crippen LogP contribution is 2.29. The van der Waals surface area contributed by atoms with E-state index in [0.29, 0.717) is 0 Å². The van der Waals surface area contributed by atoms with E-state index in [4.69, 9.17) is 0 Å². The van der Waals surface area contributed by atoms with Crippen LogP contribution in [-0.4, -0.2) is 37.1 Å². The monoisotopic (exact) mass is 266 g/mol. The summed E-state index contributed by atoms with van der Waals surface area (Å²) in [5.41, 5.74) is 0. The molecule has 2 unspecified atom stereocenters. The zero-order chi connectivity index (χ0) is 13.7. The van der Waals surface area contributed by atoms with Gasteiger partial charge in [0.05, 0.1) is 0 Å². The van der Waals surface area contributed by atoms with Crippen LogP contribution in [0.1, 0.15) is 59.3 Å². The fourth-order valence-electron chi connectivity index (χ4n) is 4.03. The van der Waals surface area contributed by atoms with E-state index in [9.17, 15) is 0 Å². The van der Waals surface area contributed by atoms with Crippen molar-refractivity contribution in [3.8, 4) is 0 Å². The van der Waals surface area contributed by atoms with Crippen LogP contribution in [0.2, 0.25) is 0 Å². The van der Waals surface area contributed by atoms with Crippen molar-refractivity contribution < 1.29 is 0 Å². The van der Waals surface area contributed by atoms with Gasteiger partial charge < -0.3 is 10.2 Å². The molecule has 2 nitrogen and oxygen atoms in total. The number of hydrogen-bond acceptors (Lipinski definition) is 2. The van der Waals surface area contributed by atoms with Crippen LogP contribution in [0.15, 0.2) is 0 Å². The van der Waals surface area contributed by atoms with Gasteiger partial charge in [-0.15, -0.1) is 0 Å². The van der Waals surface area contributed by atoms with E-state index in [-0.39, 0.29) is 0 Å². The van der Waals surface area contributed by atoms with Gasteiger partial charge in [0.25, 0.3) is 0 Å². The Morgan fingerprint density at radius 3 is 2.37 bits per heavy atom. The number of likely N-dealkylation sites (N-methyl/N-ethyl adjacent to an activating group) is 1. The van der Waals surface area contributed by atoms with Crippen molar-refractivity contribution in [2.75, 3.05) is 26.2 Å². The standard InChI is InChI=1S/C17H34N2/c1-4-18-17(15-8-6-5-7-9-15)13-19-11-10-16(12-19)14(2)3/h14-18H,4-13H2,1-3H3. The molecule has 0 aromatic carbocycles. The summed E-state index contributed by atoms with van der Waals surface area (Å²) in [7, 11) is 0. The maximum atomic E-state index is 3.78. The lowest BCUT2D eigenvalue weighted by atomic mass is 9.83. The molecule has 0 spiro atoms. The highest BCUT2D eigenvalue weighted by atomic mass is 15.2. The molecule has 2 heteroatoms. The first-order valence-electron chi connectivity index (χ1n) is 8.66. The van der Waals surface area contributed by atoms with Gasteiger partial charge in [0, 0.05) is 19.1 Å². The number of nitrogens with zero attached hydrogens (tertiary/aromatic N) is 1. The van der Waals surface area contributed by atoms with Crippen LogP contribution in [-0.2, 0) is 0 Å². The van der Waals surface area contributed by atoms with Crippen molar-refractivity contribution in [2.24, 2.45) is 17.8 Å². The SMILES string of the molecule is CCNC(CN1CCC(C(C)C)C1)C1CCCCC1. The van der Waals surface area contributed by atoms with Crippen LogP contribution >= 0.6 is 0 Å². The van der Waals surface area contributed by atoms with Crippen molar-refractivity contribution in [3.63, 3.8) is 0 Å². The molecule has 0 bridgehead atoms. The largest absolute Gasteiger partial charge is 0.313 e. The summed E-state index contributed by atoms with van der Waals surface area (Å²) in [6.07, 6.45) is 8.72. The quantitative estimate of drug-likeness (QED) is 0.791. The molecule has 0 radical (unpaired) electrons. The molecule has 1 aliphatic carbocycles. The predicted molar refractivity (Wildman–Crippen MR) is 83.4 cm³/mol. The Morgan fingerprint density at radius 2 is 1.79 bits per heavy atom. The molecular weight excluding hydrogens is 232 g/mol. The second-order valence-corrected chi connectivity index (χ2v) is 7.11. The molecule has 0 aromatic heterocycles. The Morgan fingerprint density at radius 1 is 1.05 bits per heavy atom. The Labute approximate surface area is 120 Å². The third-order valence-electron chi connectivity index (χ3n) is 5.39.